The SMILES string of the molecule is Cc1ccc(N(c2ccccc2)c2cc(C)cc(N(c3ccncc3)c3ccc(C)cn3)c2-c2ccccn2)nc1. The lowest BCUT2D eigenvalue weighted by Gasteiger charge is -2.32. The molecule has 2 aromatic carbocycles. The first-order valence-corrected chi connectivity index (χ1v) is 13.6. The highest BCUT2D eigenvalue weighted by molar-refractivity contribution is 5.97. The third kappa shape index (κ3) is 5.40. The average Bonchev–Trinajstić information content (AvgIpc) is 3.01. The molecular weight excluding hydrogens is 504 g/mol. The molecule has 0 saturated carbocycles. The number of para-hydroxylation sites is 1. The summed E-state index contributed by atoms with van der Waals surface area (Å²) in [6, 6.07) is 33.0. The zero-order valence-electron chi connectivity index (χ0n) is 23.3. The Kier molecular flexibility index (Phi) is 7.20. The molecule has 0 aliphatic heterocycles. The average molecular weight is 535 g/mol. The summed E-state index contributed by atoms with van der Waals surface area (Å²) in [5.74, 6) is 1.62. The van der Waals surface area contributed by atoms with Gasteiger partial charge >= 0.3 is 0 Å². The highest BCUT2D eigenvalue weighted by atomic mass is 15.2. The number of aromatic nitrogens is 4. The minimum atomic E-state index is 0.801. The van der Waals surface area contributed by atoms with Crippen molar-refractivity contribution in [2.24, 2.45) is 0 Å². The maximum Gasteiger partial charge on any atom is 0.137 e. The first-order chi connectivity index (χ1) is 20.1. The number of anilines is 6. The summed E-state index contributed by atoms with van der Waals surface area (Å²) in [6.07, 6.45) is 9.25. The summed E-state index contributed by atoms with van der Waals surface area (Å²) in [5.41, 5.74) is 8.96. The van der Waals surface area contributed by atoms with E-state index in [1.807, 2.05) is 68.0 Å². The van der Waals surface area contributed by atoms with Gasteiger partial charge in [-0.05, 0) is 98.1 Å². The minimum absolute atomic E-state index is 0.801. The lowest BCUT2D eigenvalue weighted by Crippen LogP contribution is -2.17. The number of benzene rings is 2. The molecule has 0 amide bonds. The maximum atomic E-state index is 4.87. The van der Waals surface area contributed by atoms with Gasteiger partial charge < -0.3 is 0 Å². The summed E-state index contributed by atoms with van der Waals surface area (Å²) in [6.45, 7) is 6.22. The Balaban J connectivity index is 1.70. The number of hydrogen-bond donors (Lipinski definition) is 0. The van der Waals surface area contributed by atoms with Crippen LogP contribution in [-0.4, -0.2) is 19.9 Å². The van der Waals surface area contributed by atoms with Crippen LogP contribution in [0.1, 0.15) is 16.7 Å². The van der Waals surface area contributed by atoms with Crippen molar-refractivity contribution in [2.75, 3.05) is 9.80 Å². The van der Waals surface area contributed by atoms with Crippen LogP contribution in [0.2, 0.25) is 0 Å². The molecule has 0 fully saturated rings. The molecule has 200 valence electrons. The van der Waals surface area contributed by atoms with Gasteiger partial charge in [0, 0.05) is 42.2 Å². The summed E-state index contributed by atoms with van der Waals surface area (Å²) in [4.78, 5) is 23.2. The first kappa shape index (κ1) is 25.9. The van der Waals surface area contributed by atoms with Crippen molar-refractivity contribution in [3.8, 4) is 11.3 Å². The highest BCUT2D eigenvalue weighted by Crippen LogP contribution is 2.48. The second-order valence-electron chi connectivity index (χ2n) is 9.99. The molecule has 0 aliphatic carbocycles. The molecular formula is C35H30N6. The van der Waals surface area contributed by atoms with Crippen LogP contribution in [0.3, 0.4) is 0 Å². The normalized spacial score (nSPS) is 10.8. The zero-order chi connectivity index (χ0) is 28.2. The van der Waals surface area contributed by atoms with E-state index in [1.54, 1.807) is 12.4 Å². The fourth-order valence-electron chi connectivity index (χ4n) is 4.92. The molecule has 0 bridgehead atoms. The zero-order valence-corrected chi connectivity index (χ0v) is 23.3. The lowest BCUT2D eigenvalue weighted by molar-refractivity contribution is 1.13. The van der Waals surface area contributed by atoms with Gasteiger partial charge in [-0.2, -0.15) is 0 Å². The van der Waals surface area contributed by atoms with E-state index in [-0.39, 0.29) is 0 Å². The van der Waals surface area contributed by atoms with Gasteiger partial charge in [-0.3, -0.25) is 19.8 Å². The molecule has 6 rings (SSSR count). The lowest BCUT2D eigenvalue weighted by atomic mass is 9.99. The molecule has 0 unspecified atom stereocenters. The molecule has 4 aromatic heterocycles. The highest BCUT2D eigenvalue weighted by Gasteiger charge is 2.26. The van der Waals surface area contributed by atoms with Crippen LogP contribution in [0.15, 0.2) is 128 Å². The Bertz CT molecular complexity index is 1630. The standard InChI is InChI=1S/C35H30N6/c1-25-12-14-33(38-23-25)40(28-9-5-4-6-10-28)31-21-27(3)22-32(35(31)30-11-7-8-18-37-30)41(29-16-19-36-20-17-29)34-15-13-26(2)24-39-34/h4-24H,1-3H3. The molecule has 6 aromatic rings. The Hall–Kier alpha value is -5.36. The molecule has 0 aliphatic rings. The van der Waals surface area contributed by atoms with E-state index >= 15 is 0 Å². The van der Waals surface area contributed by atoms with Crippen LogP contribution in [0.4, 0.5) is 34.4 Å². The molecule has 0 atom stereocenters. The Labute approximate surface area is 240 Å². The predicted molar refractivity (Wildman–Crippen MR) is 167 cm³/mol. The van der Waals surface area contributed by atoms with Crippen molar-refractivity contribution in [3.63, 3.8) is 0 Å². The van der Waals surface area contributed by atoms with E-state index in [2.05, 4.69) is 83.2 Å². The molecule has 0 spiro atoms. The second kappa shape index (κ2) is 11.4. The van der Waals surface area contributed by atoms with Crippen LogP contribution in [-0.2, 0) is 0 Å². The van der Waals surface area contributed by atoms with E-state index in [9.17, 15) is 0 Å². The predicted octanol–water partition coefficient (Wildman–Crippen LogP) is 8.80. The number of hydrogen-bond acceptors (Lipinski definition) is 6. The molecule has 0 saturated heterocycles. The van der Waals surface area contributed by atoms with Crippen molar-refractivity contribution in [3.05, 3.63) is 145 Å². The van der Waals surface area contributed by atoms with E-state index < -0.39 is 0 Å². The van der Waals surface area contributed by atoms with Crippen LogP contribution in [0.5, 0.6) is 0 Å². The molecule has 41 heavy (non-hydrogen) atoms. The Morgan fingerprint density at radius 2 is 1.05 bits per heavy atom. The number of aryl methyl sites for hydroxylation is 3. The number of pyridine rings is 4. The van der Waals surface area contributed by atoms with Gasteiger partial charge in [0.2, 0.25) is 0 Å². The first-order valence-electron chi connectivity index (χ1n) is 13.6. The van der Waals surface area contributed by atoms with Gasteiger partial charge in [-0.15, -0.1) is 0 Å². The minimum Gasteiger partial charge on any atom is -0.294 e. The van der Waals surface area contributed by atoms with Crippen LogP contribution in [0, 0.1) is 20.8 Å². The summed E-state index contributed by atoms with van der Waals surface area (Å²) < 4.78 is 0. The van der Waals surface area contributed by atoms with Crippen LogP contribution in [0.25, 0.3) is 11.3 Å². The molecule has 0 radical (unpaired) electrons. The topological polar surface area (TPSA) is 58.0 Å². The third-order valence-corrected chi connectivity index (χ3v) is 6.83. The van der Waals surface area contributed by atoms with Crippen LogP contribution >= 0.6 is 0 Å². The van der Waals surface area contributed by atoms with E-state index in [1.165, 1.54) is 0 Å². The van der Waals surface area contributed by atoms with E-state index in [4.69, 9.17) is 15.0 Å². The van der Waals surface area contributed by atoms with E-state index in [0.717, 1.165) is 62.3 Å². The second-order valence-corrected chi connectivity index (χ2v) is 9.99. The summed E-state index contributed by atoms with van der Waals surface area (Å²) in [7, 11) is 0. The fraction of sp³-hybridized carbons (Fsp3) is 0.0857. The van der Waals surface area contributed by atoms with Crippen molar-refractivity contribution in [1.82, 2.24) is 19.9 Å². The molecule has 6 heteroatoms. The fourth-order valence-corrected chi connectivity index (χ4v) is 4.92. The van der Waals surface area contributed by atoms with Gasteiger partial charge in [-0.1, -0.05) is 36.4 Å². The molecule has 4 heterocycles. The van der Waals surface area contributed by atoms with Gasteiger partial charge in [0.1, 0.15) is 11.6 Å². The number of rotatable bonds is 7. The number of nitrogens with zero attached hydrogens (tertiary/aromatic N) is 6. The Morgan fingerprint density at radius 1 is 0.488 bits per heavy atom. The van der Waals surface area contributed by atoms with Crippen molar-refractivity contribution >= 4 is 34.4 Å². The third-order valence-electron chi connectivity index (χ3n) is 6.83. The molecule has 6 nitrogen and oxygen atoms in total. The summed E-state index contributed by atoms with van der Waals surface area (Å²) >= 11 is 0. The maximum absolute atomic E-state index is 4.87. The smallest absolute Gasteiger partial charge is 0.137 e. The monoisotopic (exact) mass is 534 g/mol. The van der Waals surface area contributed by atoms with Gasteiger partial charge in [-0.25, -0.2) is 9.97 Å². The van der Waals surface area contributed by atoms with Crippen LogP contribution < -0.4 is 9.80 Å². The van der Waals surface area contributed by atoms with Crippen molar-refractivity contribution < 1.29 is 0 Å². The van der Waals surface area contributed by atoms with Gasteiger partial charge in [0.25, 0.3) is 0 Å². The quantitative estimate of drug-likeness (QED) is 0.204. The Morgan fingerprint density at radius 3 is 1.56 bits per heavy atom. The summed E-state index contributed by atoms with van der Waals surface area (Å²) in [5, 5.41) is 0. The van der Waals surface area contributed by atoms with Crippen molar-refractivity contribution in [2.45, 2.75) is 20.8 Å². The molecule has 0 N–H and O–H groups in total. The van der Waals surface area contributed by atoms with Crippen molar-refractivity contribution in [1.29, 1.82) is 0 Å². The largest absolute Gasteiger partial charge is 0.294 e. The van der Waals surface area contributed by atoms with Gasteiger partial charge in [0.15, 0.2) is 0 Å². The van der Waals surface area contributed by atoms with E-state index in [0.29, 0.717) is 0 Å². The van der Waals surface area contributed by atoms with Gasteiger partial charge in [0.05, 0.1) is 22.8 Å².